The van der Waals surface area contributed by atoms with Crippen molar-refractivity contribution in [3.63, 3.8) is 0 Å². The van der Waals surface area contributed by atoms with Gasteiger partial charge in [-0.05, 0) is 50.2 Å². The molecule has 1 N–H and O–H groups in total. The van der Waals surface area contributed by atoms with E-state index in [0.29, 0.717) is 19.3 Å². The topological polar surface area (TPSA) is 20.2 Å². The van der Waals surface area contributed by atoms with Gasteiger partial charge in [-0.15, -0.1) is 0 Å². The maximum atomic E-state index is 13.0. The van der Waals surface area contributed by atoms with Crippen molar-refractivity contribution in [2.45, 2.75) is 44.4 Å². The van der Waals surface area contributed by atoms with Gasteiger partial charge in [-0.2, -0.15) is 0 Å². The Hall–Kier alpha value is -0.700. The molecule has 0 heterocycles. The molecule has 2 unspecified atom stereocenters. The summed E-state index contributed by atoms with van der Waals surface area (Å²) in [4.78, 5) is 0. The number of allylic oxidation sites excluding steroid dienone is 3. The Morgan fingerprint density at radius 3 is 2.50 bits per heavy atom. The third-order valence-corrected chi connectivity index (χ3v) is 3.71. The molecule has 0 bridgehead atoms. The number of aliphatic hydroxyl groups excluding tert-OH is 1. The van der Waals surface area contributed by atoms with Crippen molar-refractivity contribution in [1.29, 1.82) is 0 Å². The van der Waals surface area contributed by atoms with Crippen LogP contribution in [-0.2, 0) is 0 Å². The zero-order chi connectivity index (χ0) is 11.5. The van der Waals surface area contributed by atoms with Crippen molar-refractivity contribution in [3.8, 4) is 0 Å². The minimum absolute atomic E-state index is 0.000612. The van der Waals surface area contributed by atoms with Gasteiger partial charge in [0.05, 0.1) is 6.10 Å². The summed E-state index contributed by atoms with van der Waals surface area (Å²) in [5.74, 6) is -0.0483. The van der Waals surface area contributed by atoms with Crippen LogP contribution in [0, 0.1) is 11.8 Å². The number of halogens is 2. The lowest BCUT2D eigenvalue weighted by molar-refractivity contribution is 0.0370. The summed E-state index contributed by atoms with van der Waals surface area (Å²) in [6.45, 7) is 0. The van der Waals surface area contributed by atoms with Gasteiger partial charge in [0, 0.05) is 5.92 Å². The molecule has 0 amide bonds. The molecule has 1 nitrogen and oxygen atoms in total. The van der Waals surface area contributed by atoms with E-state index in [2.05, 4.69) is 0 Å². The van der Waals surface area contributed by atoms with E-state index >= 15 is 0 Å². The first kappa shape index (κ1) is 11.8. The molecule has 2 aliphatic carbocycles. The summed E-state index contributed by atoms with van der Waals surface area (Å²) in [5, 5.41) is 10.1. The summed E-state index contributed by atoms with van der Waals surface area (Å²) in [6, 6.07) is 0. The van der Waals surface area contributed by atoms with Crippen LogP contribution < -0.4 is 0 Å². The molecule has 2 atom stereocenters. The van der Waals surface area contributed by atoms with Gasteiger partial charge in [0.1, 0.15) is 12.0 Å². The summed E-state index contributed by atoms with van der Waals surface area (Å²) in [5.41, 5.74) is 0. The second kappa shape index (κ2) is 5.09. The van der Waals surface area contributed by atoms with Crippen molar-refractivity contribution < 1.29 is 13.9 Å². The van der Waals surface area contributed by atoms with Crippen molar-refractivity contribution in [1.82, 2.24) is 0 Å². The number of hydrogen-bond donors (Lipinski definition) is 1. The van der Waals surface area contributed by atoms with Gasteiger partial charge >= 0.3 is 0 Å². The second-order valence-corrected chi connectivity index (χ2v) is 4.85. The van der Waals surface area contributed by atoms with E-state index in [9.17, 15) is 13.9 Å². The van der Waals surface area contributed by atoms with E-state index in [1.807, 2.05) is 0 Å². The lowest BCUT2D eigenvalue weighted by atomic mass is 9.78. The highest BCUT2D eigenvalue weighted by Gasteiger charge is 2.30. The molecule has 1 saturated carbocycles. The minimum Gasteiger partial charge on any atom is -0.392 e. The summed E-state index contributed by atoms with van der Waals surface area (Å²) in [6.07, 6.45) is 6.69. The third kappa shape index (κ3) is 2.70. The van der Waals surface area contributed by atoms with Crippen LogP contribution in [0.5, 0.6) is 0 Å². The van der Waals surface area contributed by atoms with Crippen molar-refractivity contribution in [2.75, 3.05) is 0 Å². The third-order valence-electron chi connectivity index (χ3n) is 3.71. The Morgan fingerprint density at radius 2 is 1.94 bits per heavy atom. The fourth-order valence-electron chi connectivity index (χ4n) is 2.63. The quantitative estimate of drug-likeness (QED) is 0.768. The van der Waals surface area contributed by atoms with Crippen LogP contribution in [0.4, 0.5) is 8.78 Å². The highest BCUT2D eigenvalue weighted by molar-refractivity contribution is 5.18. The maximum Gasteiger partial charge on any atom is 0.118 e. The molecule has 90 valence electrons. The van der Waals surface area contributed by atoms with Crippen LogP contribution in [0.25, 0.3) is 0 Å². The second-order valence-electron chi connectivity index (χ2n) is 4.85. The molecule has 1 fully saturated rings. The van der Waals surface area contributed by atoms with Crippen molar-refractivity contribution in [3.05, 3.63) is 24.1 Å². The molecule has 0 aromatic heterocycles. The summed E-state index contributed by atoms with van der Waals surface area (Å²) >= 11 is 0. The zero-order valence-electron chi connectivity index (χ0n) is 9.28. The van der Waals surface area contributed by atoms with E-state index in [-0.39, 0.29) is 17.7 Å². The number of alkyl halides is 1. The smallest absolute Gasteiger partial charge is 0.118 e. The molecule has 0 saturated heterocycles. The predicted molar refractivity (Wildman–Crippen MR) is 59.3 cm³/mol. The normalized spacial score (nSPS) is 36.9. The van der Waals surface area contributed by atoms with E-state index in [0.717, 1.165) is 12.8 Å². The van der Waals surface area contributed by atoms with E-state index < -0.39 is 12.3 Å². The van der Waals surface area contributed by atoms with Gasteiger partial charge in [-0.1, -0.05) is 6.08 Å². The Bertz CT molecular complexity index is 290. The molecule has 0 aromatic rings. The standard InChI is InChI=1S/C13H18F2O/c14-11-5-1-9(2-6-11)13(16)10-3-7-12(15)8-4-10/h1,5-6,9-10,12-13,16H,2-4,7-8H2. The van der Waals surface area contributed by atoms with Crippen LogP contribution in [-0.4, -0.2) is 17.4 Å². The Morgan fingerprint density at radius 1 is 1.25 bits per heavy atom. The predicted octanol–water partition coefficient (Wildman–Crippen LogP) is 3.31. The van der Waals surface area contributed by atoms with Gasteiger partial charge in [0.15, 0.2) is 0 Å². The van der Waals surface area contributed by atoms with Crippen molar-refractivity contribution in [2.24, 2.45) is 11.8 Å². The van der Waals surface area contributed by atoms with Gasteiger partial charge < -0.3 is 5.11 Å². The Labute approximate surface area is 94.9 Å². The lowest BCUT2D eigenvalue weighted by Gasteiger charge is -2.32. The van der Waals surface area contributed by atoms with E-state index in [1.165, 1.54) is 12.2 Å². The molecule has 3 heteroatoms. The molecular formula is C13H18F2O. The molecule has 16 heavy (non-hydrogen) atoms. The highest BCUT2D eigenvalue weighted by Crippen LogP contribution is 2.33. The SMILES string of the molecule is OC(C1C=CC(F)=CC1)C1CCC(F)CC1. The number of rotatable bonds is 2. The van der Waals surface area contributed by atoms with Crippen LogP contribution in [0.15, 0.2) is 24.1 Å². The summed E-state index contributed by atoms with van der Waals surface area (Å²) < 4.78 is 25.7. The van der Waals surface area contributed by atoms with Gasteiger partial charge in [-0.25, -0.2) is 8.78 Å². The van der Waals surface area contributed by atoms with Crippen molar-refractivity contribution >= 4 is 0 Å². The number of hydrogen-bond acceptors (Lipinski definition) is 1. The lowest BCUT2D eigenvalue weighted by Crippen LogP contribution is -2.32. The fraction of sp³-hybridized carbons (Fsp3) is 0.692. The molecule has 2 rings (SSSR count). The molecule has 2 aliphatic rings. The maximum absolute atomic E-state index is 13.0. The number of aliphatic hydroxyl groups is 1. The fourth-order valence-corrected chi connectivity index (χ4v) is 2.63. The van der Waals surface area contributed by atoms with Gasteiger partial charge in [0.25, 0.3) is 0 Å². The van der Waals surface area contributed by atoms with Gasteiger partial charge in [-0.3, -0.25) is 0 Å². The average Bonchev–Trinajstić information content (AvgIpc) is 2.30. The molecule has 0 aliphatic heterocycles. The Balaban J connectivity index is 1.88. The molecule has 0 radical (unpaired) electrons. The van der Waals surface area contributed by atoms with E-state index in [4.69, 9.17) is 0 Å². The van der Waals surface area contributed by atoms with E-state index in [1.54, 1.807) is 6.08 Å². The van der Waals surface area contributed by atoms with Crippen LogP contribution in [0.3, 0.4) is 0 Å². The van der Waals surface area contributed by atoms with Gasteiger partial charge in [0.2, 0.25) is 0 Å². The van der Waals surface area contributed by atoms with Crippen LogP contribution in [0.2, 0.25) is 0 Å². The van der Waals surface area contributed by atoms with Crippen LogP contribution >= 0.6 is 0 Å². The van der Waals surface area contributed by atoms with Crippen LogP contribution in [0.1, 0.15) is 32.1 Å². The first-order valence-electron chi connectivity index (χ1n) is 6.03. The Kier molecular flexibility index (Phi) is 3.74. The largest absolute Gasteiger partial charge is 0.392 e. The first-order valence-corrected chi connectivity index (χ1v) is 6.03. The average molecular weight is 228 g/mol. The molecule has 0 spiro atoms. The first-order chi connectivity index (χ1) is 7.66. The zero-order valence-corrected chi connectivity index (χ0v) is 9.28. The molecule has 0 aromatic carbocycles. The summed E-state index contributed by atoms with van der Waals surface area (Å²) in [7, 11) is 0. The highest BCUT2D eigenvalue weighted by atomic mass is 19.1. The monoisotopic (exact) mass is 228 g/mol. The molecular weight excluding hydrogens is 210 g/mol. The minimum atomic E-state index is -0.692.